The van der Waals surface area contributed by atoms with Gasteiger partial charge in [0.1, 0.15) is 11.5 Å². The van der Waals surface area contributed by atoms with E-state index in [0.29, 0.717) is 26.3 Å². The van der Waals surface area contributed by atoms with Gasteiger partial charge in [0.2, 0.25) is 0 Å². The van der Waals surface area contributed by atoms with E-state index in [1.807, 2.05) is 36.4 Å². The number of nitrogens with one attached hydrogen (secondary N) is 2. The monoisotopic (exact) mass is 401 g/mol. The van der Waals surface area contributed by atoms with Crippen LogP contribution in [0.15, 0.2) is 52.1 Å². The van der Waals surface area contributed by atoms with Crippen molar-refractivity contribution in [3.63, 3.8) is 0 Å². The van der Waals surface area contributed by atoms with Gasteiger partial charge in [-0.1, -0.05) is 12.1 Å². The Kier molecular flexibility index (Phi) is 8.88. The van der Waals surface area contributed by atoms with Crippen LogP contribution in [0.3, 0.4) is 0 Å². The Morgan fingerprint density at radius 3 is 2.76 bits per heavy atom. The fourth-order valence-electron chi connectivity index (χ4n) is 3.07. The first-order valence-electron chi connectivity index (χ1n) is 10.2. The summed E-state index contributed by atoms with van der Waals surface area (Å²) in [6.07, 6.45) is 4.93. The van der Waals surface area contributed by atoms with Crippen molar-refractivity contribution in [1.82, 2.24) is 10.6 Å². The van der Waals surface area contributed by atoms with Crippen LogP contribution in [0.2, 0.25) is 0 Å². The molecule has 1 unspecified atom stereocenters. The van der Waals surface area contributed by atoms with Gasteiger partial charge in [-0.05, 0) is 42.7 Å². The molecule has 3 rings (SSSR count). The highest BCUT2D eigenvalue weighted by atomic mass is 16.5. The number of furan rings is 1. The fraction of sp³-hybridized carbons (Fsp3) is 0.500. The maximum atomic E-state index is 5.76. The second-order valence-electron chi connectivity index (χ2n) is 6.91. The van der Waals surface area contributed by atoms with Crippen LogP contribution in [0.5, 0.6) is 5.75 Å². The lowest BCUT2D eigenvalue weighted by Gasteiger charge is -2.14. The Labute approximate surface area is 172 Å². The van der Waals surface area contributed by atoms with Crippen molar-refractivity contribution in [2.45, 2.75) is 32.0 Å². The molecule has 1 atom stereocenters. The van der Waals surface area contributed by atoms with Crippen molar-refractivity contribution in [3.05, 3.63) is 54.0 Å². The van der Waals surface area contributed by atoms with Gasteiger partial charge in [-0.25, -0.2) is 0 Å². The number of aliphatic imine (C=N–C) groups is 1. The Morgan fingerprint density at radius 2 is 2.03 bits per heavy atom. The van der Waals surface area contributed by atoms with Gasteiger partial charge in [0.15, 0.2) is 5.96 Å². The van der Waals surface area contributed by atoms with Crippen LogP contribution in [-0.2, 0) is 22.5 Å². The van der Waals surface area contributed by atoms with E-state index in [2.05, 4.69) is 15.6 Å². The zero-order chi connectivity index (χ0) is 20.2. The number of hydrogen-bond acceptors (Lipinski definition) is 5. The van der Waals surface area contributed by atoms with E-state index < -0.39 is 0 Å². The Morgan fingerprint density at radius 1 is 1.17 bits per heavy atom. The zero-order valence-electron chi connectivity index (χ0n) is 17.1. The first-order valence-corrected chi connectivity index (χ1v) is 10.2. The third-order valence-electron chi connectivity index (χ3n) is 4.69. The molecule has 1 aromatic heterocycles. The molecule has 7 nitrogen and oxygen atoms in total. The van der Waals surface area contributed by atoms with Gasteiger partial charge in [-0.3, -0.25) is 4.99 Å². The smallest absolute Gasteiger partial charge is 0.191 e. The molecular weight excluding hydrogens is 370 g/mol. The Balaban J connectivity index is 1.38. The molecule has 1 aliphatic heterocycles. The van der Waals surface area contributed by atoms with Crippen LogP contribution < -0.4 is 15.4 Å². The molecule has 158 valence electrons. The van der Waals surface area contributed by atoms with E-state index in [-0.39, 0.29) is 6.10 Å². The van der Waals surface area contributed by atoms with E-state index in [0.717, 1.165) is 55.4 Å². The third kappa shape index (κ3) is 7.79. The molecule has 1 saturated heterocycles. The molecule has 0 bridgehead atoms. The van der Waals surface area contributed by atoms with Crippen LogP contribution in [0.4, 0.5) is 0 Å². The minimum atomic E-state index is 0.227. The second kappa shape index (κ2) is 12.1. The lowest BCUT2D eigenvalue weighted by atomic mass is 10.2. The molecule has 0 radical (unpaired) electrons. The van der Waals surface area contributed by atoms with Gasteiger partial charge in [-0.2, -0.15) is 0 Å². The minimum absolute atomic E-state index is 0.227. The summed E-state index contributed by atoms with van der Waals surface area (Å²) in [7, 11) is 1.66. The van der Waals surface area contributed by atoms with Crippen LogP contribution in [0.25, 0.3) is 0 Å². The van der Waals surface area contributed by atoms with Crippen LogP contribution >= 0.6 is 0 Å². The number of rotatable bonds is 11. The maximum absolute atomic E-state index is 5.76. The first-order chi connectivity index (χ1) is 14.3. The van der Waals surface area contributed by atoms with E-state index in [9.17, 15) is 0 Å². The van der Waals surface area contributed by atoms with Crippen molar-refractivity contribution in [3.8, 4) is 5.75 Å². The average molecular weight is 402 g/mol. The highest BCUT2D eigenvalue weighted by molar-refractivity contribution is 5.79. The Hall–Kier alpha value is -2.51. The summed E-state index contributed by atoms with van der Waals surface area (Å²) in [5.41, 5.74) is 1.12. The summed E-state index contributed by atoms with van der Waals surface area (Å²) >= 11 is 0. The molecule has 2 aromatic rings. The van der Waals surface area contributed by atoms with Crippen molar-refractivity contribution < 1.29 is 18.6 Å². The fourth-order valence-corrected chi connectivity index (χ4v) is 3.07. The van der Waals surface area contributed by atoms with E-state index >= 15 is 0 Å². The van der Waals surface area contributed by atoms with Gasteiger partial charge in [0.25, 0.3) is 0 Å². The molecule has 1 aromatic carbocycles. The van der Waals surface area contributed by atoms with Gasteiger partial charge in [-0.15, -0.1) is 0 Å². The molecular formula is C22H31N3O4. The van der Waals surface area contributed by atoms with E-state index in [4.69, 9.17) is 18.6 Å². The second-order valence-corrected chi connectivity index (χ2v) is 6.91. The number of hydrogen-bond donors (Lipinski definition) is 2. The van der Waals surface area contributed by atoms with Crippen molar-refractivity contribution in [2.24, 2.45) is 4.99 Å². The summed E-state index contributed by atoms with van der Waals surface area (Å²) in [5.74, 6) is 2.59. The van der Waals surface area contributed by atoms with Crippen LogP contribution in [-0.4, -0.2) is 52.0 Å². The zero-order valence-corrected chi connectivity index (χ0v) is 17.1. The molecule has 2 heterocycles. The Bertz CT molecular complexity index is 710. The number of guanidine groups is 1. The number of methoxy groups -OCH3 is 1. The van der Waals surface area contributed by atoms with Crippen molar-refractivity contribution in [1.29, 1.82) is 0 Å². The largest absolute Gasteiger partial charge is 0.497 e. The molecule has 7 heteroatoms. The van der Waals surface area contributed by atoms with Crippen molar-refractivity contribution in [2.75, 3.05) is 40.0 Å². The maximum Gasteiger partial charge on any atom is 0.191 e. The highest BCUT2D eigenvalue weighted by Gasteiger charge is 2.14. The molecule has 1 fully saturated rings. The quantitative estimate of drug-likeness (QED) is 0.343. The molecule has 0 amide bonds. The average Bonchev–Trinajstić information content (AvgIpc) is 3.46. The molecule has 0 spiro atoms. The third-order valence-corrected chi connectivity index (χ3v) is 4.69. The molecule has 2 N–H and O–H groups in total. The van der Waals surface area contributed by atoms with Crippen LogP contribution in [0, 0.1) is 0 Å². The first kappa shape index (κ1) is 21.2. The van der Waals surface area contributed by atoms with Gasteiger partial charge >= 0.3 is 0 Å². The number of benzene rings is 1. The van der Waals surface area contributed by atoms with Crippen LogP contribution in [0.1, 0.15) is 24.2 Å². The van der Waals surface area contributed by atoms with E-state index in [1.54, 1.807) is 13.4 Å². The number of nitrogens with zero attached hydrogens (tertiary/aromatic N) is 1. The summed E-state index contributed by atoms with van der Waals surface area (Å²) in [5, 5.41) is 6.69. The highest BCUT2D eigenvalue weighted by Crippen LogP contribution is 2.12. The predicted molar refractivity (Wildman–Crippen MR) is 112 cm³/mol. The summed E-state index contributed by atoms with van der Waals surface area (Å²) in [6.45, 7) is 4.09. The lowest BCUT2D eigenvalue weighted by molar-refractivity contribution is 0.117. The normalized spacial score (nSPS) is 16.7. The summed E-state index contributed by atoms with van der Waals surface area (Å²) in [4.78, 5) is 4.67. The molecule has 0 aliphatic carbocycles. The topological polar surface area (TPSA) is 77.2 Å². The summed E-state index contributed by atoms with van der Waals surface area (Å²) in [6, 6.07) is 11.8. The standard InChI is InChI=1S/C22H31N3O4/c1-26-19-8-6-18(7-9-19)17-27-15-12-24-22(25-16-21-5-3-14-29-21)23-11-10-20-4-2-13-28-20/h2,4,6-9,13,21H,3,5,10-12,14-17H2,1H3,(H2,23,24,25). The predicted octanol–water partition coefficient (Wildman–Crippen LogP) is 2.76. The molecule has 1 aliphatic rings. The van der Waals surface area contributed by atoms with Gasteiger partial charge in [0, 0.05) is 26.1 Å². The van der Waals surface area contributed by atoms with E-state index in [1.165, 1.54) is 0 Å². The SMILES string of the molecule is COc1ccc(COCCNC(=NCC2CCCO2)NCCc2ccco2)cc1. The van der Waals surface area contributed by atoms with Crippen molar-refractivity contribution >= 4 is 5.96 Å². The van der Waals surface area contributed by atoms with Gasteiger partial charge < -0.3 is 29.3 Å². The molecule has 29 heavy (non-hydrogen) atoms. The molecule has 0 saturated carbocycles. The lowest BCUT2D eigenvalue weighted by Crippen LogP contribution is -2.40. The number of ether oxygens (including phenoxy) is 3. The minimum Gasteiger partial charge on any atom is -0.497 e. The van der Waals surface area contributed by atoms with Gasteiger partial charge in [0.05, 0.1) is 39.2 Å². The summed E-state index contributed by atoms with van der Waals surface area (Å²) < 4.78 is 22.0.